The lowest BCUT2D eigenvalue weighted by Gasteiger charge is -2.04. The molecular formula is C9H8ClN3O3S2. The summed E-state index contributed by atoms with van der Waals surface area (Å²) in [5.74, 6) is -0.511. The van der Waals surface area contributed by atoms with Crippen LogP contribution < -0.4 is 4.87 Å². The van der Waals surface area contributed by atoms with Crippen molar-refractivity contribution in [2.45, 2.75) is 20.1 Å². The molecule has 18 heavy (non-hydrogen) atoms. The number of aryl methyl sites for hydroxylation is 1. The van der Waals surface area contributed by atoms with Gasteiger partial charge in [0.05, 0.1) is 0 Å². The molecule has 6 nitrogen and oxygen atoms in total. The van der Waals surface area contributed by atoms with Gasteiger partial charge in [-0.05, 0) is 6.92 Å². The van der Waals surface area contributed by atoms with E-state index >= 15 is 0 Å². The summed E-state index contributed by atoms with van der Waals surface area (Å²) in [4.78, 5) is 22.8. The van der Waals surface area contributed by atoms with Crippen LogP contribution in [0, 0.1) is 6.92 Å². The first-order valence-corrected chi connectivity index (χ1v) is 6.88. The third-order valence-electron chi connectivity index (χ3n) is 2.14. The molecule has 0 aliphatic carbocycles. The fourth-order valence-electron chi connectivity index (χ4n) is 1.20. The number of ether oxygens (including phenoxy) is 1. The minimum atomic E-state index is -0.511. The average Bonchev–Trinajstić information content (AvgIpc) is 2.87. The summed E-state index contributed by atoms with van der Waals surface area (Å²) >= 11 is 7.84. The van der Waals surface area contributed by atoms with Gasteiger partial charge in [-0.2, -0.15) is 0 Å². The van der Waals surface area contributed by atoms with Crippen LogP contribution in [0.4, 0.5) is 0 Å². The lowest BCUT2D eigenvalue weighted by atomic mass is 10.5. The zero-order valence-corrected chi connectivity index (χ0v) is 11.6. The molecule has 96 valence electrons. The highest BCUT2D eigenvalue weighted by Crippen LogP contribution is 2.17. The van der Waals surface area contributed by atoms with Gasteiger partial charge in [0.2, 0.25) is 0 Å². The number of carbonyl (C=O) groups excluding carboxylic acids is 1. The molecule has 9 heteroatoms. The predicted molar refractivity (Wildman–Crippen MR) is 68.0 cm³/mol. The van der Waals surface area contributed by atoms with Crippen LogP contribution in [-0.4, -0.2) is 20.1 Å². The first-order valence-electron chi connectivity index (χ1n) is 4.85. The largest absolute Gasteiger partial charge is 0.458 e. The molecule has 0 radical (unpaired) electrons. The van der Waals surface area contributed by atoms with Gasteiger partial charge in [0.1, 0.15) is 23.2 Å². The summed E-state index contributed by atoms with van der Waals surface area (Å²) in [5.41, 5.74) is 1.15. The van der Waals surface area contributed by atoms with Crippen LogP contribution in [0.2, 0.25) is 4.34 Å². The Morgan fingerprint density at radius 2 is 2.39 bits per heavy atom. The van der Waals surface area contributed by atoms with E-state index in [-0.39, 0.29) is 18.0 Å². The SMILES string of the molecule is Cc1csc(=O)n1CC(=O)OCc1nnsc1Cl. The molecule has 0 N–H and O–H groups in total. The highest BCUT2D eigenvalue weighted by molar-refractivity contribution is 7.10. The Balaban J connectivity index is 1.94. The number of rotatable bonds is 4. The minimum absolute atomic E-state index is 0.0356. The Labute approximate surface area is 115 Å². The van der Waals surface area contributed by atoms with Crippen molar-refractivity contribution in [1.29, 1.82) is 0 Å². The first-order chi connectivity index (χ1) is 8.58. The van der Waals surface area contributed by atoms with Crippen LogP contribution in [-0.2, 0) is 22.7 Å². The molecule has 0 unspecified atom stereocenters. The molecule has 0 saturated heterocycles. The summed E-state index contributed by atoms with van der Waals surface area (Å²) in [6.45, 7) is 1.61. The van der Waals surface area contributed by atoms with E-state index in [1.807, 2.05) is 0 Å². The standard InChI is InChI=1S/C9H8ClN3O3S2/c1-5-4-17-9(15)13(5)2-7(14)16-3-6-8(10)18-12-11-6/h4H,2-3H2,1H3. The number of carbonyl (C=O) groups is 1. The van der Waals surface area contributed by atoms with E-state index in [4.69, 9.17) is 16.3 Å². The fourth-order valence-corrected chi connectivity index (χ4v) is 2.54. The van der Waals surface area contributed by atoms with Crippen molar-refractivity contribution < 1.29 is 9.53 Å². The van der Waals surface area contributed by atoms with Gasteiger partial charge in [-0.3, -0.25) is 14.2 Å². The Morgan fingerprint density at radius 1 is 1.61 bits per heavy atom. The molecule has 0 fully saturated rings. The van der Waals surface area contributed by atoms with Gasteiger partial charge in [-0.1, -0.05) is 27.4 Å². The number of esters is 1. The molecule has 2 heterocycles. The lowest BCUT2D eigenvalue weighted by molar-refractivity contribution is -0.145. The van der Waals surface area contributed by atoms with Gasteiger partial charge in [-0.15, -0.1) is 5.10 Å². The minimum Gasteiger partial charge on any atom is -0.458 e. The van der Waals surface area contributed by atoms with Gasteiger partial charge in [0.15, 0.2) is 0 Å². The van der Waals surface area contributed by atoms with Crippen LogP contribution >= 0.6 is 34.5 Å². The number of hydrogen-bond donors (Lipinski definition) is 0. The van der Waals surface area contributed by atoms with E-state index in [2.05, 4.69) is 9.59 Å². The topological polar surface area (TPSA) is 74.1 Å². The maximum atomic E-state index is 11.6. The van der Waals surface area contributed by atoms with Crippen LogP contribution in [0.25, 0.3) is 0 Å². The summed E-state index contributed by atoms with van der Waals surface area (Å²) in [6, 6.07) is 0. The zero-order valence-electron chi connectivity index (χ0n) is 9.25. The molecule has 0 aliphatic heterocycles. The zero-order chi connectivity index (χ0) is 13.1. The summed E-state index contributed by atoms with van der Waals surface area (Å²) in [5, 5.41) is 5.40. The molecule has 0 bridgehead atoms. The number of halogens is 1. The van der Waals surface area contributed by atoms with Gasteiger partial charge in [0, 0.05) is 22.6 Å². The van der Waals surface area contributed by atoms with E-state index < -0.39 is 5.97 Å². The van der Waals surface area contributed by atoms with Gasteiger partial charge < -0.3 is 4.74 Å². The van der Waals surface area contributed by atoms with E-state index in [1.165, 1.54) is 4.57 Å². The highest BCUT2D eigenvalue weighted by atomic mass is 35.5. The van der Waals surface area contributed by atoms with Crippen molar-refractivity contribution in [3.8, 4) is 0 Å². The fraction of sp³-hybridized carbons (Fsp3) is 0.333. The molecule has 0 atom stereocenters. The average molecular weight is 306 g/mol. The molecule has 0 amide bonds. The van der Waals surface area contributed by atoms with Gasteiger partial charge >= 0.3 is 10.8 Å². The molecule has 0 spiro atoms. The van der Waals surface area contributed by atoms with E-state index in [1.54, 1.807) is 12.3 Å². The highest BCUT2D eigenvalue weighted by Gasteiger charge is 2.12. The molecule has 2 aromatic heterocycles. The molecule has 0 aromatic carbocycles. The predicted octanol–water partition coefficient (Wildman–Crippen LogP) is 1.47. The quantitative estimate of drug-likeness (QED) is 0.800. The van der Waals surface area contributed by atoms with Crippen molar-refractivity contribution in [2.75, 3.05) is 0 Å². The summed E-state index contributed by atoms with van der Waals surface area (Å²) < 4.78 is 10.3. The van der Waals surface area contributed by atoms with E-state index in [0.29, 0.717) is 10.0 Å². The molecule has 2 aromatic rings. The second kappa shape index (κ2) is 5.59. The Hall–Kier alpha value is -1.25. The monoisotopic (exact) mass is 305 g/mol. The third-order valence-corrected chi connectivity index (χ3v) is 4.01. The maximum Gasteiger partial charge on any atom is 0.326 e. The van der Waals surface area contributed by atoms with E-state index in [0.717, 1.165) is 28.6 Å². The third kappa shape index (κ3) is 2.95. The van der Waals surface area contributed by atoms with Crippen molar-refractivity contribution >= 4 is 40.4 Å². The molecule has 2 rings (SSSR count). The second-order valence-electron chi connectivity index (χ2n) is 3.38. The van der Waals surface area contributed by atoms with Crippen LogP contribution in [0.15, 0.2) is 10.2 Å². The Bertz CT molecular complexity index is 619. The second-order valence-corrected chi connectivity index (χ2v) is 5.56. The number of hydrogen-bond acceptors (Lipinski definition) is 7. The summed E-state index contributed by atoms with van der Waals surface area (Å²) in [7, 11) is 0. The maximum absolute atomic E-state index is 11.6. The van der Waals surface area contributed by atoms with Crippen molar-refractivity contribution in [2.24, 2.45) is 0 Å². The Morgan fingerprint density at radius 3 is 2.94 bits per heavy atom. The van der Waals surface area contributed by atoms with Crippen molar-refractivity contribution in [3.05, 3.63) is 30.8 Å². The van der Waals surface area contributed by atoms with Crippen LogP contribution in [0.1, 0.15) is 11.4 Å². The van der Waals surface area contributed by atoms with Gasteiger partial charge in [-0.25, -0.2) is 0 Å². The molecular weight excluding hydrogens is 298 g/mol. The normalized spacial score (nSPS) is 10.6. The number of aromatic nitrogens is 3. The first kappa shape index (κ1) is 13.2. The van der Waals surface area contributed by atoms with Crippen molar-refractivity contribution in [1.82, 2.24) is 14.2 Å². The molecule has 0 saturated carbocycles. The van der Waals surface area contributed by atoms with Crippen LogP contribution in [0.5, 0.6) is 0 Å². The lowest BCUT2D eigenvalue weighted by Crippen LogP contribution is -2.22. The summed E-state index contributed by atoms with van der Waals surface area (Å²) in [6.07, 6.45) is 0. The van der Waals surface area contributed by atoms with Crippen LogP contribution in [0.3, 0.4) is 0 Å². The number of thiazole rings is 1. The van der Waals surface area contributed by atoms with Gasteiger partial charge in [0.25, 0.3) is 0 Å². The number of nitrogens with zero attached hydrogens (tertiary/aromatic N) is 3. The van der Waals surface area contributed by atoms with E-state index in [9.17, 15) is 9.59 Å². The Kier molecular flexibility index (Phi) is 4.10. The van der Waals surface area contributed by atoms with Crippen molar-refractivity contribution in [3.63, 3.8) is 0 Å². The smallest absolute Gasteiger partial charge is 0.326 e. The molecule has 0 aliphatic rings.